The molecule has 0 amide bonds. The van der Waals surface area contributed by atoms with E-state index in [1.165, 1.54) is 172 Å². The maximum atomic E-state index is 12.6. The average Bonchev–Trinajstić information content (AvgIpc) is 3.16. The van der Waals surface area contributed by atoms with Crippen LogP contribution in [0.1, 0.15) is 220 Å². The van der Waals surface area contributed by atoms with E-state index in [1.54, 1.807) is 0 Å². The van der Waals surface area contributed by atoms with Gasteiger partial charge in [0.25, 0.3) is 0 Å². The van der Waals surface area contributed by atoms with Crippen LogP contribution < -0.4 is 5.48 Å². The number of carbonyl (C=O) groups is 1. The predicted octanol–water partition coefficient (Wildman–Crippen LogP) is 13.6. The van der Waals surface area contributed by atoms with Crippen LogP contribution in [0.15, 0.2) is 0 Å². The molecule has 1 heterocycles. The van der Waals surface area contributed by atoms with Crippen LogP contribution in [-0.4, -0.2) is 65.9 Å². The summed E-state index contributed by atoms with van der Waals surface area (Å²) >= 11 is 1.48. The Bertz CT molecular complexity index is 770. The molecule has 1 aliphatic heterocycles. The van der Waals surface area contributed by atoms with Crippen molar-refractivity contribution < 1.29 is 27.6 Å². The predicted molar refractivity (Wildman–Crippen MR) is 234 cm³/mol. The molecular weight excluding hydrogens is 711 g/mol. The third-order valence-corrected chi connectivity index (χ3v) is 14.6. The van der Waals surface area contributed by atoms with E-state index in [0.29, 0.717) is 56.5 Å². The fourth-order valence-corrected chi connectivity index (χ4v) is 10.6. The number of carbonyl (C=O) groups excluding carboxylic acids is 1. The quantitative estimate of drug-likeness (QED) is 0.0484. The first-order valence-corrected chi connectivity index (χ1v) is 26.6. The molecule has 0 bridgehead atoms. The van der Waals surface area contributed by atoms with Crippen molar-refractivity contribution in [1.29, 1.82) is 0 Å². The van der Waals surface area contributed by atoms with E-state index in [-0.39, 0.29) is 0 Å². The summed E-state index contributed by atoms with van der Waals surface area (Å²) in [6.45, 7) is 11.2. The van der Waals surface area contributed by atoms with E-state index < -0.39 is 8.80 Å². The van der Waals surface area contributed by atoms with Crippen LogP contribution in [0, 0.1) is 5.92 Å². The Hall–Kier alpha value is -0.00312. The van der Waals surface area contributed by atoms with Crippen molar-refractivity contribution in [2.75, 3.05) is 51.9 Å². The van der Waals surface area contributed by atoms with Crippen LogP contribution in [0.4, 0.5) is 0 Å². The third-order valence-electron chi connectivity index (χ3n) is 10.9. The number of nitrogens with one attached hydrogen (secondary N) is 1. The Morgan fingerprint density at radius 1 is 0.593 bits per heavy atom. The number of hydroxylamine groups is 1. The molecule has 54 heavy (non-hydrogen) atoms. The maximum absolute atomic E-state index is 12.6. The van der Waals surface area contributed by atoms with Gasteiger partial charge in [0.15, 0.2) is 5.12 Å². The summed E-state index contributed by atoms with van der Waals surface area (Å²) in [6, 6.07) is 0.711. The average molecular weight is 802 g/mol. The van der Waals surface area contributed by atoms with Crippen LogP contribution >= 0.6 is 11.8 Å². The summed E-state index contributed by atoms with van der Waals surface area (Å²) in [7, 11) is -2.93. The van der Waals surface area contributed by atoms with Crippen LogP contribution in [0.25, 0.3) is 0 Å². The van der Waals surface area contributed by atoms with E-state index in [1.807, 2.05) is 0 Å². The van der Waals surface area contributed by atoms with Gasteiger partial charge < -0.3 is 18.3 Å². The van der Waals surface area contributed by atoms with Gasteiger partial charge in [-0.05, 0) is 38.0 Å². The van der Waals surface area contributed by atoms with Gasteiger partial charge >= 0.3 is 8.80 Å². The molecular formula is C45H91NO6SSi. The maximum Gasteiger partial charge on any atom is 0.518 e. The van der Waals surface area contributed by atoms with Gasteiger partial charge in [-0.3, -0.25) is 9.32 Å². The highest BCUT2D eigenvalue weighted by molar-refractivity contribution is 8.13. The first-order chi connectivity index (χ1) is 26.7. The highest BCUT2D eigenvalue weighted by atomic mass is 32.2. The van der Waals surface area contributed by atoms with E-state index in [4.69, 9.17) is 22.9 Å². The molecule has 322 valence electrons. The topological polar surface area (TPSA) is 75.3 Å². The zero-order valence-corrected chi connectivity index (χ0v) is 38.0. The molecule has 0 aliphatic carbocycles. The minimum absolute atomic E-state index is 0.318. The SMILES string of the molecule is CCCCCCCCCCCCCCCCCCC1CCO[Si](CCCSC(=O)CCCCCCCCCCC)(OCCOCCOCCCC)ONC1. The highest BCUT2D eigenvalue weighted by Gasteiger charge is 2.42. The van der Waals surface area contributed by atoms with Crippen molar-refractivity contribution in [3.8, 4) is 0 Å². The van der Waals surface area contributed by atoms with Gasteiger partial charge in [-0.1, -0.05) is 193 Å². The standard InChI is InChI=1S/C45H91NO6SSi/c1-4-7-10-12-14-16-17-18-19-20-21-22-24-25-27-29-32-44-34-36-50-54(52-46-43-44,51-40-39-49-38-37-48-35-9-6-3)42-31-41-53-45(47)33-30-28-26-23-15-13-11-8-5-2/h44,46H,4-43H2,1-3H3. The van der Waals surface area contributed by atoms with Gasteiger partial charge in [0.1, 0.15) is 0 Å². The number of thioether (sulfide) groups is 1. The second kappa shape index (κ2) is 41.2. The molecule has 0 radical (unpaired) electrons. The summed E-state index contributed by atoms with van der Waals surface area (Å²) in [5.74, 6) is 1.35. The van der Waals surface area contributed by atoms with Crippen LogP contribution in [0.3, 0.4) is 0 Å². The smallest absolute Gasteiger partial charge is 0.379 e. The molecule has 2 unspecified atom stereocenters. The fraction of sp³-hybridized carbons (Fsp3) is 0.978. The van der Waals surface area contributed by atoms with Crippen LogP contribution in [-0.2, 0) is 27.6 Å². The van der Waals surface area contributed by atoms with Crippen LogP contribution in [0.2, 0.25) is 6.04 Å². The molecule has 1 fully saturated rings. The van der Waals surface area contributed by atoms with Gasteiger partial charge in [0.2, 0.25) is 0 Å². The number of unbranched alkanes of at least 4 members (excludes halogenated alkanes) is 24. The van der Waals surface area contributed by atoms with E-state index in [0.717, 1.165) is 51.0 Å². The van der Waals surface area contributed by atoms with E-state index >= 15 is 0 Å². The van der Waals surface area contributed by atoms with Crippen molar-refractivity contribution in [3.63, 3.8) is 0 Å². The molecule has 0 spiro atoms. The Morgan fingerprint density at radius 2 is 1.07 bits per heavy atom. The van der Waals surface area contributed by atoms with Gasteiger partial charge in [-0.25, -0.2) is 5.48 Å². The zero-order chi connectivity index (χ0) is 38.9. The lowest BCUT2D eigenvalue weighted by atomic mass is 9.97. The number of hydrogen-bond acceptors (Lipinski definition) is 8. The molecule has 0 saturated carbocycles. The van der Waals surface area contributed by atoms with Crippen molar-refractivity contribution in [1.82, 2.24) is 5.48 Å². The minimum Gasteiger partial charge on any atom is -0.379 e. The van der Waals surface area contributed by atoms with E-state index in [2.05, 4.69) is 26.3 Å². The summed E-state index contributed by atoms with van der Waals surface area (Å²) in [6.07, 6.45) is 40.0. The Labute approximate surface area is 341 Å². The van der Waals surface area contributed by atoms with Crippen LogP contribution in [0.5, 0.6) is 0 Å². The molecule has 2 atom stereocenters. The minimum atomic E-state index is -2.93. The fourth-order valence-electron chi connectivity index (χ4n) is 7.23. The lowest BCUT2D eigenvalue weighted by molar-refractivity contribution is -0.111. The number of rotatable bonds is 41. The normalized spacial score (nSPS) is 17.9. The summed E-state index contributed by atoms with van der Waals surface area (Å²) < 4.78 is 30.6. The van der Waals surface area contributed by atoms with Crippen molar-refractivity contribution in [2.24, 2.45) is 5.92 Å². The zero-order valence-electron chi connectivity index (χ0n) is 36.2. The first-order valence-electron chi connectivity index (χ1n) is 23.7. The molecule has 0 aromatic carbocycles. The number of hydrogen-bond donors (Lipinski definition) is 1. The molecule has 0 aromatic rings. The Kier molecular flexibility index (Phi) is 39.7. The van der Waals surface area contributed by atoms with Gasteiger partial charge in [0.05, 0.1) is 26.4 Å². The summed E-state index contributed by atoms with van der Waals surface area (Å²) in [5.41, 5.74) is 3.30. The first kappa shape index (κ1) is 52.0. The van der Waals surface area contributed by atoms with Gasteiger partial charge in [-0.2, -0.15) is 0 Å². The van der Waals surface area contributed by atoms with E-state index in [9.17, 15) is 4.79 Å². The van der Waals surface area contributed by atoms with Gasteiger partial charge in [0, 0.05) is 38.0 Å². The molecule has 1 N–H and O–H groups in total. The second-order valence-corrected chi connectivity index (χ2v) is 19.9. The lowest BCUT2D eigenvalue weighted by Gasteiger charge is -2.33. The second-order valence-electron chi connectivity index (χ2n) is 16.1. The summed E-state index contributed by atoms with van der Waals surface area (Å²) in [5, 5.41) is 0.318. The van der Waals surface area contributed by atoms with Gasteiger partial charge in [-0.15, -0.1) is 0 Å². The Morgan fingerprint density at radius 3 is 1.63 bits per heavy atom. The molecule has 0 aromatic heterocycles. The monoisotopic (exact) mass is 802 g/mol. The van der Waals surface area contributed by atoms with Crippen molar-refractivity contribution in [3.05, 3.63) is 0 Å². The van der Waals surface area contributed by atoms with Crippen molar-refractivity contribution in [2.45, 2.75) is 226 Å². The Balaban J connectivity index is 2.26. The largest absolute Gasteiger partial charge is 0.518 e. The molecule has 7 nitrogen and oxygen atoms in total. The molecule has 9 heteroatoms. The molecule has 1 saturated heterocycles. The third kappa shape index (κ3) is 34.1. The van der Waals surface area contributed by atoms with Crippen molar-refractivity contribution >= 4 is 25.7 Å². The number of ether oxygens (including phenoxy) is 2. The summed E-state index contributed by atoms with van der Waals surface area (Å²) in [4.78, 5) is 12.6. The molecule has 1 aliphatic rings. The lowest BCUT2D eigenvalue weighted by Crippen LogP contribution is -2.52. The molecule has 1 rings (SSSR count). The highest BCUT2D eigenvalue weighted by Crippen LogP contribution is 2.25.